The van der Waals surface area contributed by atoms with Crippen LogP contribution >= 0.6 is 0 Å². The second kappa shape index (κ2) is 5.18. The Balaban J connectivity index is 1.48. The van der Waals surface area contributed by atoms with E-state index >= 15 is 0 Å². The molecule has 0 nitrogen and oxygen atoms in total. The lowest BCUT2D eigenvalue weighted by Crippen LogP contribution is -1.94. The first kappa shape index (κ1) is 11.2. The SMILES string of the molecule is CC1CCC(CCCCC=C2CC2C)C1. The van der Waals surface area contributed by atoms with Crippen LogP contribution in [0.5, 0.6) is 0 Å². The van der Waals surface area contributed by atoms with Crippen LogP contribution in [-0.4, -0.2) is 0 Å². The average molecular weight is 206 g/mol. The van der Waals surface area contributed by atoms with Gasteiger partial charge < -0.3 is 0 Å². The zero-order chi connectivity index (χ0) is 10.7. The van der Waals surface area contributed by atoms with Gasteiger partial charge in [0.2, 0.25) is 0 Å². The Labute approximate surface area is 95.1 Å². The Kier molecular flexibility index (Phi) is 3.88. The molecule has 0 aromatic rings. The molecule has 0 N–H and O–H groups in total. The molecule has 0 radical (unpaired) electrons. The minimum absolute atomic E-state index is 0.931. The van der Waals surface area contributed by atoms with Gasteiger partial charge in [-0.05, 0) is 43.4 Å². The largest absolute Gasteiger partial charge is 0.0850 e. The van der Waals surface area contributed by atoms with Crippen LogP contribution in [0.15, 0.2) is 11.6 Å². The van der Waals surface area contributed by atoms with Gasteiger partial charge in [0, 0.05) is 0 Å². The lowest BCUT2D eigenvalue weighted by molar-refractivity contribution is 0.457. The van der Waals surface area contributed by atoms with Crippen molar-refractivity contribution in [3.8, 4) is 0 Å². The molecule has 2 rings (SSSR count). The second-order valence-electron chi connectivity index (χ2n) is 5.95. The summed E-state index contributed by atoms with van der Waals surface area (Å²) in [6.45, 7) is 4.75. The fourth-order valence-corrected chi connectivity index (χ4v) is 3.03. The molecular weight excluding hydrogens is 180 g/mol. The third-order valence-electron chi connectivity index (χ3n) is 4.29. The fraction of sp³-hybridized carbons (Fsp3) is 0.867. The molecule has 2 aliphatic carbocycles. The molecular formula is C15H26. The molecule has 3 unspecified atom stereocenters. The summed E-state index contributed by atoms with van der Waals surface area (Å²) in [5.74, 6) is 3.03. The van der Waals surface area contributed by atoms with E-state index in [1.54, 1.807) is 5.57 Å². The predicted octanol–water partition coefficient (Wildman–Crippen LogP) is 4.95. The van der Waals surface area contributed by atoms with Crippen LogP contribution in [0, 0.1) is 17.8 Å². The first-order valence-electron chi connectivity index (χ1n) is 6.94. The third-order valence-corrected chi connectivity index (χ3v) is 4.29. The smallest absolute Gasteiger partial charge is 0.0194 e. The van der Waals surface area contributed by atoms with Crippen molar-refractivity contribution in [3.63, 3.8) is 0 Å². The first-order valence-corrected chi connectivity index (χ1v) is 6.94. The molecule has 0 spiro atoms. The maximum Gasteiger partial charge on any atom is -0.0194 e. The van der Waals surface area contributed by atoms with Crippen molar-refractivity contribution in [1.82, 2.24) is 0 Å². The topological polar surface area (TPSA) is 0 Å². The number of allylic oxidation sites excluding steroid dienone is 2. The number of hydrogen-bond donors (Lipinski definition) is 0. The molecule has 0 aromatic heterocycles. The maximum atomic E-state index is 2.50. The normalized spacial score (nSPS) is 37.5. The number of rotatable bonds is 5. The van der Waals surface area contributed by atoms with Gasteiger partial charge in [0.15, 0.2) is 0 Å². The van der Waals surface area contributed by atoms with Crippen molar-refractivity contribution in [2.24, 2.45) is 17.8 Å². The van der Waals surface area contributed by atoms with Crippen LogP contribution in [0.25, 0.3) is 0 Å². The quantitative estimate of drug-likeness (QED) is 0.441. The van der Waals surface area contributed by atoms with Gasteiger partial charge in [-0.15, -0.1) is 0 Å². The highest BCUT2D eigenvalue weighted by atomic mass is 14.3. The van der Waals surface area contributed by atoms with Crippen LogP contribution in [0.4, 0.5) is 0 Å². The highest BCUT2D eigenvalue weighted by Crippen LogP contribution is 2.37. The fourth-order valence-electron chi connectivity index (χ4n) is 3.03. The summed E-state index contributed by atoms with van der Waals surface area (Å²) in [7, 11) is 0. The van der Waals surface area contributed by atoms with Crippen LogP contribution < -0.4 is 0 Å². The molecule has 3 atom stereocenters. The summed E-state index contributed by atoms with van der Waals surface area (Å²) in [6, 6.07) is 0. The van der Waals surface area contributed by atoms with E-state index < -0.39 is 0 Å². The molecule has 0 heteroatoms. The van der Waals surface area contributed by atoms with Crippen molar-refractivity contribution < 1.29 is 0 Å². The predicted molar refractivity (Wildman–Crippen MR) is 66.8 cm³/mol. The summed E-state index contributed by atoms with van der Waals surface area (Å²) in [6.07, 6.45) is 14.2. The summed E-state index contributed by atoms with van der Waals surface area (Å²) >= 11 is 0. The van der Waals surface area contributed by atoms with Crippen molar-refractivity contribution in [3.05, 3.63) is 11.6 Å². The summed E-state index contributed by atoms with van der Waals surface area (Å²) in [4.78, 5) is 0. The van der Waals surface area contributed by atoms with Gasteiger partial charge in [0.05, 0.1) is 0 Å². The average Bonchev–Trinajstić information content (AvgIpc) is 2.73. The summed E-state index contributed by atoms with van der Waals surface area (Å²) < 4.78 is 0. The van der Waals surface area contributed by atoms with Gasteiger partial charge >= 0.3 is 0 Å². The molecule has 0 aliphatic heterocycles. The highest BCUT2D eigenvalue weighted by Gasteiger charge is 2.23. The van der Waals surface area contributed by atoms with Gasteiger partial charge in [0.25, 0.3) is 0 Å². The van der Waals surface area contributed by atoms with Gasteiger partial charge in [-0.1, -0.05) is 51.2 Å². The lowest BCUT2D eigenvalue weighted by Gasteiger charge is -2.07. The van der Waals surface area contributed by atoms with Crippen LogP contribution in [0.2, 0.25) is 0 Å². The van der Waals surface area contributed by atoms with Gasteiger partial charge in [-0.3, -0.25) is 0 Å². The van der Waals surface area contributed by atoms with Crippen LogP contribution in [0.3, 0.4) is 0 Å². The second-order valence-corrected chi connectivity index (χ2v) is 5.95. The third kappa shape index (κ3) is 3.66. The molecule has 0 saturated heterocycles. The lowest BCUT2D eigenvalue weighted by atomic mass is 9.98. The first-order chi connectivity index (χ1) is 7.25. The zero-order valence-electron chi connectivity index (χ0n) is 10.5. The van der Waals surface area contributed by atoms with Crippen LogP contribution in [0.1, 0.15) is 65.2 Å². The van der Waals surface area contributed by atoms with Gasteiger partial charge in [-0.2, -0.15) is 0 Å². The van der Waals surface area contributed by atoms with Crippen molar-refractivity contribution in [1.29, 1.82) is 0 Å². The van der Waals surface area contributed by atoms with E-state index in [1.165, 1.54) is 51.4 Å². The molecule has 0 heterocycles. The Morgan fingerprint density at radius 3 is 2.60 bits per heavy atom. The zero-order valence-corrected chi connectivity index (χ0v) is 10.5. The molecule has 15 heavy (non-hydrogen) atoms. The Morgan fingerprint density at radius 1 is 1.20 bits per heavy atom. The van der Waals surface area contributed by atoms with Crippen molar-refractivity contribution >= 4 is 0 Å². The summed E-state index contributed by atoms with van der Waals surface area (Å²) in [5.41, 5.74) is 1.73. The highest BCUT2D eigenvalue weighted by molar-refractivity contribution is 5.21. The Hall–Kier alpha value is -0.260. The number of hydrogen-bond acceptors (Lipinski definition) is 0. The van der Waals surface area contributed by atoms with E-state index in [0.29, 0.717) is 0 Å². The van der Waals surface area contributed by atoms with Gasteiger partial charge in [0.1, 0.15) is 0 Å². The molecule has 0 bridgehead atoms. The molecule has 2 aliphatic rings. The molecule has 0 aromatic carbocycles. The van der Waals surface area contributed by atoms with E-state index in [9.17, 15) is 0 Å². The van der Waals surface area contributed by atoms with E-state index in [2.05, 4.69) is 19.9 Å². The molecule has 2 fully saturated rings. The molecule has 2 saturated carbocycles. The van der Waals surface area contributed by atoms with Crippen molar-refractivity contribution in [2.75, 3.05) is 0 Å². The number of unbranched alkanes of at least 4 members (excludes halogenated alkanes) is 2. The van der Waals surface area contributed by atoms with E-state index in [0.717, 1.165) is 17.8 Å². The van der Waals surface area contributed by atoms with E-state index in [-0.39, 0.29) is 0 Å². The minimum atomic E-state index is 0.931. The van der Waals surface area contributed by atoms with Crippen molar-refractivity contribution in [2.45, 2.75) is 65.2 Å². The maximum absolute atomic E-state index is 2.50. The standard InChI is InChI=1S/C15H26/c1-12-8-9-14(10-12)6-4-3-5-7-15-11-13(15)2/h7,12-14H,3-6,8-11H2,1-2H3. The molecule has 86 valence electrons. The van der Waals surface area contributed by atoms with E-state index in [4.69, 9.17) is 0 Å². The van der Waals surface area contributed by atoms with Crippen LogP contribution in [-0.2, 0) is 0 Å². The Morgan fingerprint density at radius 2 is 2.00 bits per heavy atom. The molecule has 0 amide bonds. The monoisotopic (exact) mass is 206 g/mol. The Bertz CT molecular complexity index is 226. The van der Waals surface area contributed by atoms with E-state index in [1.807, 2.05) is 0 Å². The summed E-state index contributed by atoms with van der Waals surface area (Å²) in [5, 5.41) is 0. The minimum Gasteiger partial charge on any atom is -0.0850 e. The van der Waals surface area contributed by atoms with Gasteiger partial charge in [-0.25, -0.2) is 0 Å².